The highest BCUT2D eigenvalue weighted by Crippen LogP contribution is 2.25. The molecule has 108 valence electrons. The number of carbonyl (C=O) groups excluding carboxylic acids is 1. The summed E-state index contributed by atoms with van der Waals surface area (Å²) < 4.78 is 5.59. The number of halogens is 2. The third-order valence-corrected chi connectivity index (χ3v) is 4.33. The van der Waals surface area contributed by atoms with Crippen molar-refractivity contribution in [3.05, 3.63) is 28.2 Å². The smallest absolute Gasteiger partial charge is 0.322 e. The molecule has 1 unspecified atom stereocenters. The van der Waals surface area contributed by atoms with Crippen molar-refractivity contribution < 1.29 is 9.53 Å². The predicted octanol–water partition coefficient (Wildman–Crippen LogP) is 2.50. The van der Waals surface area contributed by atoms with Gasteiger partial charge in [-0.3, -0.25) is 4.90 Å². The van der Waals surface area contributed by atoms with E-state index in [-0.39, 0.29) is 12.3 Å². The van der Waals surface area contributed by atoms with E-state index in [0.717, 1.165) is 19.7 Å². The van der Waals surface area contributed by atoms with Gasteiger partial charge in [0.2, 0.25) is 0 Å². The van der Waals surface area contributed by atoms with Gasteiger partial charge in [-0.2, -0.15) is 0 Å². The number of benzene rings is 1. The van der Waals surface area contributed by atoms with Gasteiger partial charge in [0.15, 0.2) is 0 Å². The lowest BCUT2D eigenvalue weighted by molar-refractivity contribution is -0.0127. The summed E-state index contributed by atoms with van der Waals surface area (Å²) in [6, 6.07) is 4.90. The Kier molecular flexibility index (Phi) is 4.03. The van der Waals surface area contributed by atoms with Gasteiger partial charge < -0.3 is 15.0 Å². The van der Waals surface area contributed by atoms with Crippen LogP contribution >= 0.6 is 23.2 Å². The maximum Gasteiger partial charge on any atom is 0.322 e. The number of carbonyl (C=O) groups is 1. The molecule has 1 N–H and O–H groups in total. The van der Waals surface area contributed by atoms with Crippen LogP contribution in [-0.4, -0.2) is 54.8 Å². The highest BCUT2D eigenvalue weighted by molar-refractivity contribution is 6.42. The van der Waals surface area contributed by atoms with Crippen molar-refractivity contribution in [2.24, 2.45) is 0 Å². The van der Waals surface area contributed by atoms with Crippen LogP contribution in [0.2, 0.25) is 10.0 Å². The van der Waals surface area contributed by atoms with Crippen molar-refractivity contribution in [1.82, 2.24) is 9.80 Å². The van der Waals surface area contributed by atoms with Crippen LogP contribution < -0.4 is 5.32 Å². The molecule has 20 heavy (non-hydrogen) atoms. The molecule has 0 aromatic heterocycles. The Labute approximate surface area is 127 Å². The predicted molar refractivity (Wildman–Crippen MR) is 78.4 cm³/mol. The van der Waals surface area contributed by atoms with E-state index in [0.29, 0.717) is 28.8 Å². The molecule has 0 saturated carbocycles. The molecular formula is C13H15Cl2N3O2. The Morgan fingerprint density at radius 3 is 2.90 bits per heavy atom. The second-order valence-electron chi connectivity index (χ2n) is 4.87. The van der Waals surface area contributed by atoms with Crippen LogP contribution in [0.5, 0.6) is 0 Å². The molecule has 2 saturated heterocycles. The van der Waals surface area contributed by atoms with Gasteiger partial charge in [0, 0.05) is 25.3 Å². The number of fused-ring (bicyclic) bond motifs is 1. The van der Waals surface area contributed by atoms with Gasteiger partial charge in [0.25, 0.3) is 0 Å². The number of anilines is 1. The zero-order chi connectivity index (χ0) is 14.1. The van der Waals surface area contributed by atoms with Crippen molar-refractivity contribution in [1.29, 1.82) is 0 Å². The van der Waals surface area contributed by atoms with Crippen LogP contribution in [0.3, 0.4) is 0 Å². The lowest BCUT2D eigenvalue weighted by Gasteiger charge is -2.36. The maximum atomic E-state index is 12.2. The number of hydrogen-bond donors (Lipinski definition) is 1. The molecule has 2 aliphatic heterocycles. The molecule has 0 radical (unpaired) electrons. The van der Waals surface area contributed by atoms with Crippen LogP contribution in [0.25, 0.3) is 0 Å². The molecule has 2 aliphatic rings. The van der Waals surface area contributed by atoms with E-state index in [1.165, 1.54) is 0 Å². The van der Waals surface area contributed by atoms with Gasteiger partial charge in [-0.1, -0.05) is 23.2 Å². The summed E-state index contributed by atoms with van der Waals surface area (Å²) in [5.41, 5.74) is 0.638. The molecule has 3 rings (SSSR count). The lowest BCUT2D eigenvalue weighted by atomic mass is 10.3. The maximum absolute atomic E-state index is 12.2. The minimum atomic E-state index is -0.140. The van der Waals surface area contributed by atoms with Crippen LogP contribution in [0.4, 0.5) is 10.5 Å². The summed E-state index contributed by atoms with van der Waals surface area (Å²) in [6.07, 6.45) is 0.0308. The second kappa shape index (κ2) is 5.77. The standard InChI is InChI=1S/C13H15Cl2N3O2/c14-10-2-1-9(7-11(10)15)16-13(19)18-4-3-17-5-6-20-12(17)8-18/h1-2,7,12H,3-6,8H2,(H,16,19). The van der Waals surface area contributed by atoms with Crippen molar-refractivity contribution in [2.45, 2.75) is 6.23 Å². The summed E-state index contributed by atoms with van der Waals surface area (Å²) in [5.74, 6) is 0. The highest BCUT2D eigenvalue weighted by Gasteiger charge is 2.33. The van der Waals surface area contributed by atoms with Crippen molar-refractivity contribution in [3.8, 4) is 0 Å². The van der Waals surface area contributed by atoms with Crippen LogP contribution in [0.1, 0.15) is 0 Å². The monoisotopic (exact) mass is 315 g/mol. The SMILES string of the molecule is O=C(Nc1ccc(Cl)c(Cl)c1)N1CCN2CCOC2C1. The molecule has 0 spiro atoms. The van der Waals surface area contributed by atoms with E-state index < -0.39 is 0 Å². The van der Waals surface area contributed by atoms with Crippen LogP contribution in [-0.2, 0) is 4.74 Å². The highest BCUT2D eigenvalue weighted by atomic mass is 35.5. The first-order chi connectivity index (χ1) is 9.63. The zero-order valence-corrected chi connectivity index (χ0v) is 12.3. The van der Waals surface area contributed by atoms with E-state index in [1.807, 2.05) is 0 Å². The van der Waals surface area contributed by atoms with Crippen molar-refractivity contribution >= 4 is 34.9 Å². The first-order valence-corrected chi connectivity index (χ1v) is 7.26. The fraction of sp³-hybridized carbons (Fsp3) is 0.462. The Balaban J connectivity index is 1.62. The second-order valence-corrected chi connectivity index (χ2v) is 5.68. The Morgan fingerprint density at radius 2 is 2.10 bits per heavy atom. The number of rotatable bonds is 1. The first-order valence-electron chi connectivity index (χ1n) is 6.50. The summed E-state index contributed by atoms with van der Waals surface area (Å²) in [5, 5.41) is 3.72. The minimum absolute atomic E-state index is 0.0308. The molecule has 0 aliphatic carbocycles. The average Bonchev–Trinajstić information content (AvgIpc) is 2.90. The molecule has 2 heterocycles. The molecule has 2 fully saturated rings. The summed E-state index contributed by atoms with van der Waals surface area (Å²) in [6.45, 7) is 3.83. The van der Waals surface area contributed by atoms with E-state index in [4.69, 9.17) is 27.9 Å². The fourth-order valence-corrected chi connectivity index (χ4v) is 2.77. The third-order valence-electron chi connectivity index (χ3n) is 3.59. The Hall–Kier alpha value is -1.01. The van der Waals surface area contributed by atoms with E-state index in [1.54, 1.807) is 23.1 Å². The number of urea groups is 1. The van der Waals surface area contributed by atoms with Crippen molar-refractivity contribution in [3.63, 3.8) is 0 Å². The van der Waals surface area contributed by atoms with Gasteiger partial charge in [-0.05, 0) is 18.2 Å². The fourth-order valence-electron chi connectivity index (χ4n) is 2.47. The van der Waals surface area contributed by atoms with E-state index in [2.05, 4.69) is 10.2 Å². The topological polar surface area (TPSA) is 44.8 Å². The number of nitrogens with zero attached hydrogens (tertiary/aromatic N) is 2. The number of piperazine rings is 1. The quantitative estimate of drug-likeness (QED) is 0.866. The molecule has 1 aromatic rings. The van der Waals surface area contributed by atoms with E-state index >= 15 is 0 Å². The van der Waals surface area contributed by atoms with Gasteiger partial charge in [-0.15, -0.1) is 0 Å². The lowest BCUT2D eigenvalue weighted by Crippen LogP contribution is -2.53. The van der Waals surface area contributed by atoms with Gasteiger partial charge >= 0.3 is 6.03 Å². The molecule has 5 nitrogen and oxygen atoms in total. The average molecular weight is 316 g/mol. The van der Waals surface area contributed by atoms with Crippen LogP contribution in [0.15, 0.2) is 18.2 Å². The van der Waals surface area contributed by atoms with Crippen molar-refractivity contribution in [2.75, 3.05) is 38.1 Å². The Morgan fingerprint density at radius 1 is 1.25 bits per heavy atom. The number of ether oxygens (including phenoxy) is 1. The minimum Gasteiger partial charge on any atom is -0.360 e. The van der Waals surface area contributed by atoms with Gasteiger partial charge in [0.05, 0.1) is 23.2 Å². The normalized spacial score (nSPS) is 22.7. The summed E-state index contributed by atoms with van der Waals surface area (Å²) >= 11 is 11.8. The molecule has 0 bridgehead atoms. The largest absolute Gasteiger partial charge is 0.360 e. The summed E-state index contributed by atoms with van der Waals surface area (Å²) in [4.78, 5) is 16.2. The van der Waals surface area contributed by atoms with E-state index in [9.17, 15) is 4.79 Å². The molecule has 7 heteroatoms. The van der Waals surface area contributed by atoms with Crippen LogP contribution in [0, 0.1) is 0 Å². The molecular weight excluding hydrogens is 301 g/mol. The first kappa shape index (κ1) is 13.9. The third kappa shape index (κ3) is 2.86. The number of nitrogens with one attached hydrogen (secondary N) is 1. The Bertz CT molecular complexity index is 526. The number of amides is 2. The number of hydrogen-bond acceptors (Lipinski definition) is 3. The molecule has 1 atom stereocenters. The zero-order valence-electron chi connectivity index (χ0n) is 10.8. The molecule has 2 amide bonds. The van der Waals surface area contributed by atoms with Gasteiger partial charge in [0.1, 0.15) is 6.23 Å². The molecule has 1 aromatic carbocycles. The van der Waals surface area contributed by atoms with Gasteiger partial charge in [-0.25, -0.2) is 4.79 Å². The summed E-state index contributed by atoms with van der Waals surface area (Å²) in [7, 11) is 0.